The lowest BCUT2D eigenvalue weighted by Gasteiger charge is -2.24. The van der Waals surface area contributed by atoms with Crippen molar-refractivity contribution in [3.63, 3.8) is 0 Å². The largest absolute Gasteiger partial charge is 0.468 e. The van der Waals surface area contributed by atoms with Gasteiger partial charge in [-0.3, -0.25) is 9.89 Å². The number of guanidine groups is 1. The van der Waals surface area contributed by atoms with E-state index in [1.54, 1.807) is 13.3 Å². The molecule has 0 saturated heterocycles. The summed E-state index contributed by atoms with van der Waals surface area (Å²) in [6, 6.07) is 12.4. The number of halogens is 1. The fraction of sp³-hybridized carbons (Fsp3) is 0.450. The van der Waals surface area contributed by atoms with Crippen LogP contribution in [0.5, 0.6) is 0 Å². The quantitative estimate of drug-likeness (QED) is 0.381. The van der Waals surface area contributed by atoms with Crippen molar-refractivity contribution in [1.29, 1.82) is 0 Å². The SMILES string of the molecule is CN=C(NCc1ccccc1CN(C)Cc1ccco1)NC(C)(C)C.I. The zero-order valence-corrected chi connectivity index (χ0v) is 18.7. The van der Waals surface area contributed by atoms with Crippen LogP contribution in [0, 0.1) is 0 Å². The predicted molar refractivity (Wildman–Crippen MR) is 119 cm³/mol. The molecule has 2 aromatic rings. The first kappa shape index (κ1) is 22.5. The Labute approximate surface area is 174 Å². The Hall–Kier alpha value is -1.54. The van der Waals surface area contributed by atoms with E-state index in [1.807, 2.05) is 12.1 Å². The molecule has 1 heterocycles. The molecule has 0 fully saturated rings. The summed E-state index contributed by atoms with van der Waals surface area (Å²) < 4.78 is 5.43. The van der Waals surface area contributed by atoms with Crippen LogP contribution in [0.15, 0.2) is 52.1 Å². The third-order valence-corrected chi connectivity index (χ3v) is 3.73. The van der Waals surface area contributed by atoms with Gasteiger partial charge in [-0.15, -0.1) is 24.0 Å². The van der Waals surface area contributed by atoms with Crippen molar-refractivity contribution in [2.75, 3.05) is 14.1 Å². The molecule has 2 N–H and O–H groups in total. The molecular formula is C20H31IN4O. The molecule has 0 aliphatic carbocycles. The van der Waals surface area contributed by atoms with Crippen molar-refractivity contribution in [2.24, 2.45) is 4.99 Å². The summed E-state index contributed by atoms with van der Waals surface area (Å²) >= 11 is 0. The van der Waals surface area contributed by atoms with E-state index in [0.29, 0.717) is 0 Å². The van der Waals surface area contributed by atoms with E-state index in [4.69, 9.17) is 4.42 Å². The molecule has 0 amide bonds. The Kier molecular flexibility index (Phi) is 9.15. The van der Waals surface area contributed by atoms with Gasteiger partial charge < -0.3 is 15.1 Å². The van der Waals surface area contributed by atoms with E-state index >= 15 is 0 Å². The minimum Gasteiger partial charge on any atom is -0.468 e. The summed E-state index contributed by atoms with van der Waals surface area (Å²) in [5.41, 5.74) is 2.55. The van der Waals surface area contributed by atoms with Crippen molar-refractivity contribution >= 4 is 29.9 Å². The number of benzene rings is 1. The molecule has 1 aromatic carbocycles. The summed E-state index contributed by atoms with van der Waals surface area (Å²) in [4.78, 5) is 6.55. The number of nitrogens with zero attached hydrogens (tertiary/aromatic N) is 2. The van der Waals surface area contributed by atoms with Crippen LogP contribution in [-0.4, -0.2) is 30.5 Å². The maximum atomic E-state index is 5.43. The molecule has 0 aliphatic heterocycles. The molecule has 0 unspecified atom stereocenters. The third kappa shape index (κ3) is 7.78. The average Bonchev–Trinajstić information content (AvgIpc) is 3.04. The minimum atomic E-state index is -0.0232. The maximum absolute atomic E-state index is 5.43. The van der Waals surface area contributed by atoms with Gasteiger partial charge in [-0.1, -0.05) is 24.3 Å². The first-order chi connectivity index (χ1) is 11.9. The molecule has 0 aliphatic rings. The molecule has 0 atom stereocenters. The molecule has 144 valence electrons. The predicted octanol–water partition coefficient (Wildman–Crippen LogP) is 3.99. The van der Waals surface area contributed by atoms with E-state index in [1.165, 1.54) is 11.1 Å². The standard InChI is InChI=1S/C20H30N4O.HI/c1-20(2,3)23-19(21-4)22-13-16-9-6-7-10-17(16)14-24(5)15-18-11-8-12-25-18;/h6-12H,13-15H2,1-5H3,(H2,21,22,23);1H. The molecule has 0 saturated carbocycles. The molecule has 0 bridgehead atoms. The van der Waals surface area contributed by atoms with Gasteiger partial charge >= 0.3 is 0 Å². The van der Waals surface area contributed by atoms with E-state index < -0.39 is 0 Å². The fourth-order valence-electron chi connectivity index (χ4n) is 2.61. The Morgan fingerprint density at radius 2 is 1.77 bits per heavy atom. The zero-order valence-electron chi connectivity index (χ0n) is 16.4. The lowest BCUT2D eigenvalue weighted by molar-refractivity contribution is 0.287. The molecule has 0 spiro atoms. The van der Waals surface area contributed by atoms with Crippen molar-refractivity contribution in [3.05, 3.63) is 59.5 Å². The Morgan fingerprint density at radius 3 is 2.35 bits per heavy atom. The molecule has 0 radical (unpaired) electrons. The Bertz CT molecular complexity index is 677. The van der Waals surface area contributed by atoms with Gasteiger partial charge in [-0.25, -0.2) is 0 Å². The fourth-order valence-corrected chi connectivity index (χ4v) is 2.61. The second-order valence-electron chi connectivity index (χ2n) is 7.32. The van der Waals surface area contributed by atoms with Crippen LogP contribution in [0.3, 0.4) is 0 Å². The monoisotopic (exact) mass is 470 g/mol. The normalized spacial score (nSPS) is 12.0. The molecule has 5 nitrogen and oxygen atoms in total. The second-order valence-corrected chi connectivity index (χ2v) is 7.32. The number of aliphatic imine (C=N–C) groups is 1. The van der Waals surface area contributed by atoms with Gasteiger partial charge in [-0.05, 0) is 51.1 Å². The topological polar surface area (TPSA) is 52.8 Å². The summed E-state index contributed by atoms with van der Waals surface area (Å²) in [5, 5.41) is 6.79. The molecule has 2 rings (SSSR count). The number of hydrogen-bond donors (Lipinski definition) is 2. The van der Waals surface area contributed by atoms with Crippen LogP contribution < -0.4 is 10.6 Å². The number of hydrogen-bond acceptors (Lipinski definition) is 3. The van der Waals surface area contributed by atoms with Gasteiger partial charge in [0.2, 0.25) is 0 Å². The second kappa shape index (κ2) is 10.6. The van der Waals surface area contributed by atoms with Crippen molar-refractivity contribution < 1.29 is 4.42 Å². The van der Waals surface area contributed by atoms with Crippen LogP contribution in [0.1, 0.15) is 37.7 Å². The lowest BCUT2D eigenvalue weighted by atomic mass is 10.1. The van der Waals surface area contributed by atoms with Crippen molar-refractivity contribution in [1.82, 2.24) is 15.5 Å². The highest BCUT2D eigenvalue weighted by Crippen LogP contribution is 2.13. The highest BCUT2D eigenvalue weighted by Gasteiger charge is 2.12. The van der Waals surface area contributed by atoms with Crippen LogP contribution in [0.25, 0.3) is 0 Å². The smallest absolute Gasteiger partial charge is 0.191 e. The van der Waals surface area contributed by atoms with Crippen molar-refractivity contribution in [3.8, 4) is 0 Å². The van der Waals surface area contributed by atoms with Gasteiger partial charge in [0.1, 0.15) is 5.76 Å². The maximum Gasteiger partial charge on any atom is 0.191 e. The highest BCUT2D eigenvalue weighted by molar-refractivity contribution is 14.0. The summed E-state index contributed by atoms with van der Waals surface area (Å²) in [5.74, 6) is 1.79. The van der Waals surface area contributed by atoms with Gasteiger partial charge in [0.15, 0.2) is 5.96 Å². The van der Waals surface area contributed by atoms with E-state index in [9.17, 15) is 0 Å². The summed E-state index contributed by atoms with van der Waals surface area (Å²) in [6.45, 7) is 8.76. The molecule has 6 heteroatoms. The summed E-state index contributed by atoms with van der Waals surface area (Å²) in [6.07, 6.45) is 1.72. The van der Waals surface area contributed by atoms with Crippen molar-refractivity contribution in [2.45, 2.75) is 45.9 Å². The number of nitrogens with one attached hydrogen (secondary N) is 2. The Morgan fingerprint density at radius 1 is 1.08 bits per heavy atom. The summed E-state index contributed by atoms with van der Waals surface area (Å²) in [7, 11) is 3.90. The first-order valence-electron chi connectivity index (χ1n) is 8.64. The average molecular weight is 470 g/mol. The Balaban J connectivity index is 0.00000338. The van der Waals surface area contributed by atoms with Gasteiger partial charge in [0, 0.05) is 25.7 Å². The molecule has 26 heavy (non-hydrogen) atoms. The zero-order chi connectivity index (χ0) is 18.3. The van der Waals surface area contributed by atoms with Crippen LogP contribution in [0.4, 0.5) is 0 Å². The van der Waals surface area contributed by atoms with Crippen LogP contribution in [-0.2, 0) is 19.6 Å². The minimum absolute atomic E-state index is 0. The number of rotatable bonds is 6. The van der Waals surface area contributed by atoms with Crippen LogP contribution >= 0.6 is 24.0 Å². The van der Waals surface area contributed by atoms with E-state index in [0.717, 1.165) is 31.4 Å². The molecule has 1 aromatic heterocycles. The van der Waals surface area contributed by atoms with E-state index in [2.05, 4.69) is 72.6 Å². The third-order valence-electron chi connectivity index (χ3n) is 3.73. The van der Waals surface area contributed by atoms with E-state index in [-0.39, 0.29) is 29.5 Å². The first-order valence-corrected chi connectivity index (χ1v) is 8.64. The lowest BCUT2D eigenvalue weighted by Crippen LogP contribution is -2.47. The van der Waals surface area contributed by atoms with Gasteiger partial charge in [0.25, 0.3) is 0 Å². The molecular weight excluding hydrogens is 439 g/mol. The highest BCUT2D eigenvalue weighted by atomic mass is 127. The number of furan rings is 1. The van der Waals surface area contributed by atoms with Gasteiger partial charge in [-0.2, -0.15) is 0 Å². The van der Waals surface area contributed by atoms with Gasteiger partial charge in [0.05, 0.1) is 12.8 Å². The van der Waals surface area contributed by atoms with Crippen LogP contribution in [0.2, 0.25) is 0 Å².